The van der Waals surface area contributed by atoms with Crippen LogP contribution in [-0.2, 0) is 13.1 Å². The van der Waals surface area contributed by atoms with E-state index >= 15 is 0 Å². The Bertz CT molecular complexity index is 664. The summed E-state index contributed by atoms with van der Waals surface area (Å²) in [5, 5.41) is 9.75. The van der Waals surface area contributed by atoms with Crippen LogP contribution in [0.2, 0.25) is 0 Å². The molecule has 6 heteroatoms. The summed E-state index contributed by atoms with van der Waals surface area (Å²) >= 11 is 1.55. The lowest BCUT2D eigenvalue weighted by Gasteiger charge is -1.98. The van der Waals surface area contributed by atoms with E-state index in [0.29, 0.717) is 13.1 Å². The minimum atomic E-state index is -0.237. The summed E-state index contributed by atoms with van der Waals surface area (Å²) in [5.41, 5.74) is 1.88. The van der Waals surface area contributed by atoms with Gasteiger partial charge in [-0.2, -0.15) is 0 Å². The molecule has 0 unspecified atom stereocenters. The Balaban J connectivity index is 1.60. The number of nitrogens with zero attached hydrogens (tertiary/aromatic N) is 2. The van der Waals surface area contributed by atoms with Crippen molar-refractivity contribution in [3.63, 3.8) is 0 Å². The van der Waals surface area contributed by atoms with Crippen molar-refractivity contribution in [3.05, 3.63) is 59.2 Å². The lowest BCUT2D eigenvalue weighted by molar-refractivity contribution is 0.372. The second kappa shape index (κ2) is 5.94. The molecule has 0 aliphatic carbocycles. The van der Waals surface area contributed by atoms with Crippen LogP contribution in [0.1, 0.15) is 11.5 Å². The molecule has 1 N–H and O–H groups in total. The van der Waals surface area contributed by atoms with Crippen LogP contribution >= 0.6 is 11.3 Å². The standard InChI is InChI=1S/C14H12FN3OS/c15-11-3-1-10(2-4-11)14-18-12(9-20-14)7-16-8-13-5-6-17-19-13/h1-6,9,16H,7-8H2. The predicted octanol–water partition coefficient (Wildman–Crippen LogP) is 3.23. The highest BCUT2D eigenvalue weighted by Crippen LogP contribution is 2.23. The first-order chi connectivity index (χ1) is 9.81. The zero-order valence-corrected chi connectivity index (χ0v) is 11.4. The van der Waals surface area contributed by atoms with E-state index in [1.165, 1.54) is 12.1 Å². The maximum atomic E-state index is 12.9. The molecule has 0 saturated carbocycles. The van der Waals surface area contributed by atoms with Gasteiger partial charge in [0.2, 0.25) is 0 Å². The van der Waals surface area contributed by atoms with E-state index in [9.17, 15) is 4.39 Å². The first-order valence-corrected chi connectivity index (χ1v) is 7.00. The summed E-state index contributed by atoms with van der Waals surface area (Å²) in [7, 11) is 0. The van der Waals surface area contributed by atoms with E-state index in [1.54, 1.807) is 29.7 Å². The van der Waals surface area contributed by atoms with Crippen LogP contribution < -0.4 is 5.32 Å². The van der Waals surface area contributed by atoms with Gasteiger partial charge >= 0.3 is 0 Å². The fraction of sp³-hybridized carbons (Fsp3) is 0.143. The van der Waals surface area contributed by atoms with Gasteiger partial charge in [0.25, 0.3) is 0 Å². The fourth-order valence-corrected chi connectivity index (χ4v) is 2.59. The van der Waals surface area contributed by atoms with E-state index in [-0.39, 0.29) is 5.82 Å². The number of hydrogen-bond donors (Lipinski definition) is 1. The van der Waals surface area contributed by atoms with Crippen molar-refractivity contribution in [1.29, 1.82) is 0 Å². The number of halogens is 1. The molecule has 2 heterocycles. The zero-order chi connectivity index (χ0) is 13.8. The number of rotatable bonds is 5. The number of hydrogen-bond acceptors (Lipinski definition) is 5. The van der Waals surface area contributed by atoms with Crippen molar-refractivity contribution in [2.45, 2.75) is 13.1 Å². The molecule has 3 rings (SSSR count). The second-order valence-corrected chi connectivity index (χ2v) is 5.09. The third-order valence-electron chi connectivity index (χ3n) is 2.74. The molecule has 4 nitrogen and oxygen atoms in total. The molecule has 0 spiro atoms. The number of thiazole rings is 1. The van der Waals surface area contributed by atoms with Gasteiger partial charge in [0, 0.05) is 23.6 Å². The van der Waals surface area contributed by atoms with Crippen LogP contribution in [0.5, 0.6) is 0 Å². The number of benzene rings is 1. The van der Waals surface area contributed by atoms with Crippen molar-refractivity contribution in [2.75, 3.05) is 0 Å². The first-order valence-electron chi connectivity index (χ1n) is 6.12. The van der Waals surface area contributed by atoms with Gasteiger partial charge in [-0.1, -0.05) is 5.16 Å². The summed E-state index contributed by atoms with van der Waals surface area (Å²) in [6.45, 7) is 1.27. The minimum Gasteiger partial charge on any atom is -0.360 e. The van der Waals surface area contributed by atoms with Crippen molar-refractivity contribution < 1.29 is 8.91 Å². The molecular formula is C14H12FN3OS. The van der Waals surface area contributed by atoms with Crippen LogP contribution in [0.15, 0.2) is 46.4 Å². The Morgan fingerprint density at radius 3 is 2.75 bits per heavy atom. The Morgan fingerprint density at radius 1 is 1.15 bits per heavy atom. The van der Waals surface area contributed by atoms with Crippen LogP contribution in [0.25, 0.3) is 10.6 Å². The molecule has 3 aromatic rings. The monoisotopic (exact) mass is 289 g/mol. The molecule has 2 aromatic heterocycles. The van der Waals surface area contributed by atoms with E-state index < -0.39 is 0 Å². The molecule has 102 valence electrons. The van der Waals surface area contributed by atoms with E-state index in [2.05, 4.69) is 15.5 Å². The minimum absolute atomic E-state index is 0.237. The predicted molar refractivity (Wildman–Crippen MR) is 74.6 cm³/mol. The molecule has 0 aliphatic rings. The lowest BCUT2D eigenvalue weighted by atomic mass is 10.2. The second-order valence-electron chi connectivity index (χ2n) is 4.23. The first kappa shape index (κ1) is 13.0. The van der Waals surface area contributed by atoms with Gasteiger partial charge in [-0.15, -0.1) is 11.3 Å². The molecule has 0 fully saturated rings. The van der Waals surface area contributed by atoms with Crippen molar-refractivity contribution in [2.24, 2.45) is 0 Å². The molecule has 0 bridgehead atoms. The average Bonchev–Trinajstić information content (AvgIpc) is 3.11. The van der Waals surface area contributed by atoms with Gasteiger partial charge in [-0.25, -0.2) is 9.37 Å². The molecule has 0 saturated heterocycles. The maximum Gasteiger partial charge on any atom is 0.150 e. The maximum absolute atomic E-state index is 12.9. The summed E-state index contributed by atoms with van der Waals surface area (Å²) < 4.78 is 17.9. The summed E-state index contributed by atoms with van der Waals surface area (Å²) in [6, 6.07) is 8.18. The summed E-state index contributed by atoms with van der Waals surface area (Å²) in [5.74, 6) is 0.554. The number of aromatic nitrogens is 2. The molecule has 0 amide bonds. The SMILES string of the molecule is Fc1ccc(-c2nc(CNCc3ccno3)cs2)cc1. The highest BCUT2D eigenvalue weighted by Gasteiger charge is 2.05. The molecule has 0 aliphatic heterocycles. The van der Waals surface area contributed by atoms with Gasteiger partial charge in [0.15, 0.2) is 0 Å². The largest absolute Gasteiger partial charge is 0.360 e. The Hall–Kier alpha value is -2.05. The molecule has 0 atom stereocenters. The quantitative estimate of drug-likeness (QED) is 0.783. The van der Waals surface area contributed by atoms with Gasteiger partial charge in [0.05, 0.1) is 18.4 Å². The lowest BCUT2D eigenvalue weighted by Crippen LogP contribution is -2.12. The van der Waals surface area contributed by atoms with Crippen LogP contribution in [-0.4, -0.2) is 10.1 Å². The number of nitrogens with one attached hydrogen (secondary N) is 1. The summed E-state index contributed by atoms with van der Waals surface area (Å²) in [4.78, 5) is 4.52. The average molecular weight is 289 g/mol. The third kappa shape index (κ3) is 3.09. The summed E-state index contributed by atoms with van der Waals surface area (Å²) in [6.07, 6.45) is 1.62. The van der Waals surface area contributed by atoms with Gasteiger partial charge < -0.3 is 9.84 Å². The van der Waals surface area contributed by atoms with Crippen molar-refractivity contribution in [3.8, 4) is 10.6 Å². The van der Waals surface area contributed by atoms with E-state index in [0.717, 1.165) is 22.0 Å². The van der Waals surface area contributed by atoms with E-state index in [1.807, 2.05) is 11.4 Å². The molecule has 20 heavy (non-hydrogen) atoms. The van der Waals surface area contributed by atoms with Gasteiger partial charge in [-0.3, -0.25) is 0 Å². The Morgan fingerprint density at radius 2 is 2.00 bits per heavy atom. The van der Waals surface area contributed by atoms with Gasteiger partial charge in [0.1, 0.15) is 16.6 Å². The Labute approximate surface area is 119 Å². The Kier molecular flexibility index (Phi) is 3.85. The molecule has 0 radical (unpaired) electrons. The van der Waals surface area contributed by atoms with Crippen LogP contribution in [0.4, 0.5) is 4.39 Å². The smallest absolute Gasteiger partial charge is 0.150 e. The van der Waals surface area contributed by atoms with Crippen LogP contribution in [0, 0.1) is 5.82 Å². The molecule has 1 aromatic carbocycles. The van der Waals surface area contributed by atoms with E-state index in [4.69, 9.17) is 4.52 Å². The van der Waals surface area contributed by atoms with Crippen LogP contribution in [0.3, 0.4) is 0 Å². The van der Waals surface area contributed by atoms with Gasteiger partial charge in [-0.05, 0) is 24.3 Å². The third-order valence-corrected chi connectivity index (χ3v) is 3.68. The normalized spacial score (nSPS) is 10.8. The van der Waals surface area contributed by atoms with Crippen molar-refractivity contribution >= 4 is 11.3 Å². The highest BCUT2D eigenvalue weighted by atomic mass is 32.1. The topological polar surface area (TPSA) is 51.0 Å². The molecular weight excluding hydrogens is 277 g/mol. The zero-order valence-electron chi connectivity index (χ0n) is 10.5. The highest BCUT2D eigenvalue weighted by molar-refractivity contribution is 7.13. The van der Waals surface area contributed by atoms with Crippen molar-refractivity contribution in [1.82, 2.24) is 15.5 Å². The fourth-order valence-electron chi connectivity index (χ4n) is 1.76.